The van der Waals surface area contributed by atoms with Gasteiger partial charge >= 0.3 is 0 Å². The summed E-state index contributed by atoms with van der Waals surface area (Å²) in [7, 11) is 0. The molecule has 4 heteroatoms. The van der Waals surface area contributed by atoms with Crippen molar-refractivity contribution in [3.8, 4) is 0 Å². The number of halogens is 1. The topological polar surface area (TPSA) is 41.5 Å². The number of allylic oxidation sites excluding steroid dienone is 1. The van der Waals surface area contributed by atoms with Gasteiger partial charge in [0.05, 0.1) is 6.21 Å². The summed E-state index contributed by atoms with van der Waals surface area (Å²) >= 11 is 3.33. The van der Waals surface area contributed by atoms with Crippen LogP contribution >= 0.6 is 15.9 Å². The number of carbonyl (C=O) groups excluding carboxylic acids is 1. The van der Waals surface area contributed by atoms with E-state index in [-0.39, 0.29) is 5.91 Å². The third kappa shape index (κ3) is 5.00. The normalized spacial score (nSPS) is 11.6. The van der Waals surface area contributed by atoms with Crippen LogP contribution in [0.4, 0.5) is 0 Å². The second-order valence-electron chi connectivity index (χ2n) is 4.51. The first-order chi connectivity index (χ1) is 10.1. The van der Waals surface area contributed by atoms with Gasteiger partial charge in [0, 0.05) is 10.0 Å². The maximum absolute atomic E-state index is 11.9. The second-order valence-corrected chi connectivity index (χ2v) is 5.42. The van der Waals surface area contributed by atoms with Gasteiger partial charge < -0.3 is 0 Å². The maximum Gasteiger partial charge on any atom is 0.271 e. The lowest BCUT2D eigenvalue weighted by Gasteiger charge is -2.00. The van der Waals surface area contributed by atoms with Crippen molar-refractivity contribution in [2.75, 3.05) is 0 Å². The first kappa shape index (κ1) is 15.2. The number of hydrazone groups is 1. The number of benzene rings is 2. The molecule has 3 nitrogen and oxygen atoms in total. The molecule has 2 rings (SSSR count). The Hall–Kier alpha value is -2.20. The lowest BCUT2D eigenvalue weighted by molar-refractivity contribution is 0.0955. The molecule has 0 aliphatic rings. The van der Waals surface area contributed by atoms with Crippen molar-refractivity contribution in [1.29, 1.82) is 0 Å². The van der Waals surface area contributed by atoms with Gasteiger partial charge in [-0.1, -0.05) is 58.4 Å². The molecule has 0 unspecified atom stereocenters. The highest BCUT2D eigenvalue weighted by atomic mass is 79.9. The molecule has 0 aromatic heterocycles. The molecule has 0 heterocycles. The van der Waals surface area contributed by atoms with E-state index in [9.17, 15) is 4.79 Å². The van der Waals surface area contributed by atoms with Crippen LogP contribution in [0, 0.1) is 0 Å². The molecule has 0 saturated carbocycles. The average Bonchev–Trinajstić information content (AvgIpc) is 2.48. The molecule has 0 saturated heterocycles. The van der Waals surface area contributed by atoms with E-state index < -0.39 is 0 Å². The van der Waals surface area contributed by atoms with Crippen LogP contribution in [-0.4, -0.2) is 12.1 Å². The van der Waals surface area contributed by atoms with E-state index in [0.717, 1.165) is 15.6 Å². The maximum atomic E-state index is 11.9. The molecule has 1 N–H and O–H groups in total. The van der Waals surface area contributed by atoms with Crippen molar-refractivity contribution in [3.63, 3.8) is 0 Å². The minimum absolute atomic E-state index is 0.236. The van der Waals surface area contributed by atoms with Crippen LogP contribution in [-0.2, 0) is 0 Å². The van der Waals surface area contributed by atoms with Crippen molar-refractivity contribution < 1.29 is 4.79 Å². The smallest absolute Gasteiger partial charge is 0.267 e. The summed E-state index contributed by atoms with van der Waals surface area (Å²) < 4.78 is 0.860. The van der Waals surface area contributed by atoms with E-state index in [1.165, 1.54) is 0 Å². The average molecular weight is 343 g/mol. The lowest BCUT2D eigenvalue weighted by Crippen LogP contribution is -2.17. The van der Waals surface area contributed by atoms with Crippen molar-refractivity contribution in [2.24, 2.45) is 5.10 Å². The van der Waals surface area contributed by atoms with Crippen molar-refractivity contribution in [2.45, 2.75) is 6.92 Å². The van der Waals surface area contributed by atoms with Crippen LogP contribution in [0.1, 0.15) is 22.8 Å². The third-order valence-corrected chi connectivity index (χ3v) is 3.21. The van der Waals surface area contributed by atoms with E-state index in [4.69, 9.17) is 0 Å². The van der Waals surface area contributed by atoms with Crippen LogP contribution < -0.4 is 5.43 Å². The Labute approximate surface area is 132 Å². The zero-order valence-electron chi connectivity index (χ0n) is 11.6. The third-order valence-electron chi connectivity index (χ3n) is 2.71. The second kappa shape index (κ2) is 7.55. The van der Waals surface area contributed by atoms with Gasteiger partial charge in [0.2, 0.25) is 0 Å². The highest BCUT2D eigenvalue weighted by Crippen LogP contribution is 2.11. The van der Waals surface area contributed by atoms with Gasteiger partial charge in [0.25, 0.3) is 5.91 Å². The number of nitrogens with one attached hydrogen (secondary N) is 1. The standard InChI is InChI=1S/C17H15BrN2O/c1-13(10-14-6-3-2-4-7-14)12-19-20-17(21)15-8-5-9-16(18)11-15/h2-12H,1H3,(H,20,21)/b13-10+,19-12+. The molecule has 0 atom stereocenters. The van der Waals surface area contributed by atoms with E-state index in [0.29, 0.717) is 5.56 Å². The van der Waals surface area contributed by atoms with Crippen LogP contribution in [0.25, 0.3) is 6.08 Å². The summed E-state index contributed by atoms with van der Waals surface area (Å²) in [5.41, 5.74) is 5.12. The van der Waals surface area contributed by atoms with Crippen molar-refractivity contribution in [3.05, 3.63) is 75.8 Å². The van der Waals surface area contributed by atoms with E-state index in [2.05, 4.69) is 26.5 Å². The van der Waals surface area contributed by atoms with Gasteiger partial charge in [-0.2, -0.15) is 5.10 Å². The molecule has 2 aromatic carbocycles. The SMILES string of the molecule is CC(/C=N/NC(=O)c1cccc(Br)c1)=C\c1ccccc1. The highest BCUT2D eigenvalue weighted by molar-refractivity contribution is 9.10. The monoisotopic (exact) mass is 342 g/mol. The number of hydrogen-bond acceptors (Lipinski definition) is 2. The predicted octanol–water partition coefficient (Wildman–Crippen LogP) is 4.27. The molecule has 106 valence electrons. The van der Waals surface area contributed by atoms with Crippen LogP contribution in [0.2, 0.25) is 0 Å². The summed E-state index contributed by atoms with van der Waals surface area (Å²) in [6.07, 6.45) is 3.62. The number of carbonyl (C=O) groups is 1. The van der Waals surface area contributed by atoms with E-state index >= 15 is 0 Å². The molecule has 0 bridgehead atoms. The molecule has 1 amide bonds. The number of hydrogen-bond donors (Lipinski definition) is 1. The molecule has 0 radical (unpaired) electrons. The summed E-state index contributed by atoms with van der Waals surface area (Å²) in [4.78, 5) is 11.9. The Bertz CT molecular complexity index is 678. The van der Waals surface area contributed by atoms with Gasteiger partial charge in [0.1, 0.15) is 0 Å². The summed E-state index contributed by atoms with van der Waals surface area (Å²) in [6.45, 7) is 1.93. The van der Waals surface area contributed by atoms with E-state index in [1.807, 2.05) is 55.5 Å². The predicted molar refractivity (Wildman–Crippen MR) is 90.2 cm³/mol. The van der Waals surface area contributed by atoms with Gasteiger partial charge in [0.15, 0.2) is 0 Å². The van der Waals surface area contributed by atoms with Crippen LogP contribution in [0.5, 0.6) is 0 Å². The number of amides is 1. The minimum atomic E-state index is -0.236. The molecular formula is C17H15BrN2O. The minimum Gasteiger partial charge on any atom is -0.267 e. The Balaban J connectivity index is 1.96. The molecule has 0 spiro atoms. The molecule has 0 aliphatic heterocycles. The Morgan fingerprint density at radius 3 is 2.62 bits per heavy atom. The summed E-state index contributed by atoms with van der Waals surface area (Å²) in [5, 5.41) is 3.97. The molecule has 21 heavy (non-hydrogen) atoms. The Morgan fingerprint density at radius 2 is 1.90 bits per heavy atom. The Kier molecular flexibility index (Phi) is 5.46. The summed E-state index contributed by atoms with van der Waals surface area (Å²) in [5.74, 6) is -0.236. The zero-order valence-corrected chi connectivity index (χ0v) is 13.2. The number of rotatable bonds is 4. The first-order valence-corrected chi connectivity index (χ1v) is 7.27. The zero-order chi connectivity index (χ0) is 15.1. The Morgan fingerprint density at radius 1 is 1.14 bits per heavy atom. The lowest BCUT2D eigenvalue weighted by atomic mass is 10.1. The summed E-state index contributed by atoms with van der Waals surface area (Å²) in [6, 6.07) is 17.1. The first-order valence-electron chi connectivity index (χ1n) is 6.47. The van der Waals surface area contributed by atoms with Crippen molar-refractivity contribution in [1.82, 2.24) is 5.43 Å². The van der Waals surface area contributed by atoms with Crippen LogP contribution in [0.3, 0.4) is 0 Å². The molecule has 0 fully saturated rings. The van der Waals surface area contributed by atoms with Gasteiger partial charge in [-0.25, -0.2) is 5.43 Å². The number of nitrogens with zero attached hydrogens (tertiary/aromatic N) is 1. The van der Waals surface area contributed by atoms with Gasteiger partial charge in [-0.3, -0.25) is 4.79 Å². The molecular weight excluding hydrogens is 328 g/mol. The van der Waals surface area contributed by atoms with Gasteiger partial charge in [-0.15, -0.1) is 0 Å². The van der Waals surface area contributed by atoms with Crippen molar-refractivity contribution >= 4 is 34.1 Å². The van der Waals surface area contributed by atoms with E-state index in [1.54, 1.807) is 18.3 Å². The quantitative estimate of drug-likeness (QED) is 0.654. The molecule has 0 aliphatic carbocycles. The molecule has 2 aromatic rings. The largest absolute Gasteiger partial charge is 0.271 e. The fraction of sp³-hybridized carbons (Fsp3) is 0.0588. The fourth-order valence-corrected chi connectivity index (χ4v) is 2.14. The van der Waals surface area contributed by atoms with Gasteiger partial charge in [-0.05, 0) is 36.3 Å². The van der Waals surface area contributed by atoms with Crippen LogP contribution in [0.15, 0.2) is 69.7 Å². The fourth-order valence-electron chi connectivity index (χ4n) is 1.74. The highest BCUT2D eigenvalue weighted by Gasteiger charge is 2.03.